The number of hydrogen-bond donors (Lipinski definition) is 2. The maximum absolute atomic E-state index is 13.5. The molecule has 1 aliphatic rings. The van der Waals surface area contributed by atoms with Gasteiger partial charge >= 0.3 is 0 Å². The van der Waals surface area contributed by atoms with Crippen LogP contribution in [0.2, 0.25) is 0 Å². The van der Waals surface area contributed by atoms with E-state index in [2.05, 4.69) is 27.5 Å². The molecule has 0 unspecified atom stereocenters. The van der Waals surface area contributed by atoms with E-state index in [1.165, 1.54) is 18.2 Å². The highest BCUT2D eigenvalue weighted by molar-refractivity contribution is 6.01. The molecule has 7 nitrogen and oxygen atoms in total. The number of piperazine rings is 1. The van der Waals surface area contributed by atoms with Crippen molar-refractivity contribution in [1.29, 1.82) is 0 Å². The molecule has 0 bridgehead atoms. The number of alkyl halides is 2. The third-order valence-corrected chi connectivity index (χ3v) is 4.73. The van der Waals surface area contributed by atoms with Crippen LogP contribution in [0, 0.1) is 0 Å². The van der Waals surface area contributed by atoms with Crippen molar-refractivity contribution in [1.82, 2.24) is 9.80 Å². The van der Waals surface area contributed by atoms with E-state index in [9.17, 15) is 13.6 Å². The number of amidine groups is 1. The quantitative estimate of drug-likeness (QED) is 0.246. The lowest BCUT2D eigenvalue weighted by atomic mass is 10.1. The maximum Gasteiger partial charge on any atom is 0.270 e. The van der Waals surface area contributed by atoms with Crippen LogP contribution in [0.1, 0.15) is 46.6 Å². The highest BCUT2D eigenvalue weighted by Crippen LogP contribution is 2.28. The van der Waals surface area contributed by atoms with Crippen molar-refractivity contribution in [2.45, 2.75) is 47.0 Å². The standard InChI is InChI=1S/C23H30F2N4O.C2H6.CH3NO/c1-5-8-20(27-19-11-9-18(10-12-19)23(4,24)25)22(26-13-6-2)29-16-14-28(15-17-29)21(30)7-3;1-2;2-1-3/h6-13,27H,3,5,14-17H2,1-2,4H3;1-2H3;1H,(H2,2,3)/b13-6-,20-8-,26-22-;;. The van der Waals surface area contributed by atoms with Crippen LogP contribution in [0.3, 0.4) is 0 Å². The van der Waals surface area contributed by atoms with Gasteiger partial charge < -0.3 is 20.9 Å². The Bertz CT molecular complexity index is 867. The van der Waals surface area contributed by atoms with Gasteiger partial charge in [0.15, 0.2) is 5.84 Å². The van der Waals surface area contributed by atoms with Gasteiger partial charge in [0, 0.05) is 50.6 Å². The largest absolute Gasteiger partial charge is 0.372 e. The Balaban J connectivity index is 0.00000214. The molecule has 1 saturated heterocycles. The van der Waals surface area contributed by atoms with Crippen molar-refractivity contribution in [2.75, 3.05) is 31.5 Å². The fourth-order valence-corrected chi connectivity index (χ4v) is 3.14. The van der Waals surface area contributed by atoms with Crippen LogP contribution >= 0.6 is 0 Å². The number of nitrogens with two attached hydrogens (primary N) is 1. The summed E-state index contributed by atoms with van der Waals surface area (Å²) in [5.41, 5.74) is 5.64. The van der Waals surface area contributed by atoms with E-state index in [4.69, 9.17) is 4.79 Å². The molecular formula is C26H39F2N5O2. The number of rotatable bonds is 7. The van der Waals surface area contributed by atoms with Crippen molar-refractivity contribution in [3.63, 3.8) is 0 Å². The minimum Gasteiger partial charge on any atom is -0.372 e. The molecule has 2 amide bonds. The Kier molecular flexibility index (Phi) is 15.3. The second kappa shape index (κ2) is 17.0. The summed E-state index contributed by atoms with van der Waals surface area (Å²) in [6.07, 6.45) is 7.95. The molecule has 194 valence electrons. The molecule has 2 rings (SSSR count). The van der Waals surface area contributed by atoms with Crippen LogP contribution in [-0.2, 0) is 15.5 Å². The number of aliphatic imine (C=N–C) groups is 1. The summed E-state index contributed by atoms with van der Waals surface area (Å²) in [5, 5.41) is 3.32. The molecule has 0 saturated carbocycles. The number of nitrogens with zero attached hydrogens (tertiary/aromatic N) is 3. The number of hydrogen-bond acceptors (Lipinski definition) is 4. The molecule has 0 radical (unpaired) electrons. The number of benzene rings is 1. The van der Waals surface area contributed by atoms with Gasteiger partial charge in [-0.2, -0.15) is 0 Å². The highest BCUT2D eigenvalue weighted by atomic mass is 19.3. The molecule has 3 N–H and O–H groups in total. The lowest BCUT2D eigenvalue weighted by Crippen LogP contribution is -2.51. The summed E-state index contributed by atoms with van der Waals surface area (Å²) < 4.78 is 27.0. The Morgan fingerprint density at radius 1 is 1.17 bits per heavy atom. The summed E-state index contributed by atoms with van der Waals surface area (Å²) in [4.78, 5) is 28.9. The smallest absolute Gasteiger partial charge is 0.270 e. The van der Waals surface area contributed by atoms with Crippen molar-refractivity contribution < 1.29 is 18.4 Å². The molecule has 0 spiro atoms. The zero-order valence-electron chi connectivity index (χ0n) is 21.4. The monoisotopic (exact) mass is 491 g/mol. The van der Waals surface area contributed by atoms with Gasteiger partial charge in [-0.15, -0.1) is 0 Å². The number of nitrogens with one attached hydrogen (secondary N) is 1. The summed E-state index contributed by atoms with van der Waals surface area (Å²) in [6.45, 7) is 14.8. The van der Waals surface area contributed by atoms with E-state index in [1.54, 1.807) is 23.2 Å². The molecule has 0 atom stereocenters. The fraction of sp³-hybridized carbons (Fsp3) is 0.423. The average Bonchev–Trinajstić information content (AvgIpc) is 2.85. The van der Waals surface area contributed by atoms with E-state index in [0.29, 0.717) is 31.9 Å². The van der Waals surface area contributed by atoms with Crippen LogP contribution in [-0.4, -0.2) is 54.1 Å². The van der Waals surface area contributed by atoms with Gasteiger partial charge in [0.25, 0.3) is 5.92 Å². The number of allylic oxidation sites excluding steroid dienone is 2. The molecule has 1 aliphatic heterocycles. The number of carbonyl (C=O) groups is 2. The second-order valence-electron chi connectivity index (χ2n) is 7.20. The Labute approximate surface area is 208 Å². The van der Waals surface area contributed by atoms with Gasteiger partial charge in [0.1, 0.15) is 0 Å². The first kappa shape index (κ1) is 31.5. The van der Waals surface area contributed by atoms with Crippen LogP contribution in [0.25, 0.3) is 0 Å². The van der Waals surface area contributed by atoms with E-state index in [-0.39, 0.29) is 17.9 Å². The second-order valence-corrected chi connectivity index (χ2v) is 7.20. The van der Waals surface area contributed by atoms with Crippen molar-refractivity contribution in [3.05, 3.63) is 66.5 Å². The predicted molar refractivity (Wildman–Crippen MR) is 140 cm³/mol. The molecule has 35 heavy (non-hydrogen) atoms. The van der Waals surface area contributed by atoms with E-state index >= 15 is 0 Å². The average molecular weight is 492 g/mol. The van der Waals surface area contributed by atoms with Crippen molar-refractivity contribution >= 4 is 23.8 Å². The van der Waals surface area contributed by atoms with Gasteiger partial charge in [0.05, 0.1) is 5.70 Å². The lowest BCUT2D eigenvalue weighted by molar-refractivity contribution is -0.127. The Hall–Kier alpha value is -3.49. The number of amides is 2. The first-order valence-electron chi connectivity index (χ1n) is 11.7. The lowest BCUT2D eigenvalue weighted by Gasteiger charge is -2.36. The minimum atomic E-state index is -2.87. The van der Waals surface area contributed by atoms with Crippen LogP contribution in [0.5, 0.6) is 0 Å². The summed E-state index contributed by atoms with van der Waals surface area (Å²) in [7, 11) is 0. The third-order valence-electron chi connectivity index (χ3n) is 4.73. The maximum atomic E-state index is 13.5. The zero-order chi connectivity index (χ0) is 26.9. The molecule has 9 heteroatoms. The number of carbonyl (C=O) groups excluding carboxylic acids is 2. The van der Waals surface area contributed by atoms with Crippen LogP contribution in [0.15, 0.2) is 66.0 Å². The molecule has 1 aromatic carbocycles. The summed E-state index contributed by atoms with van der Waals surface area (Å²) in [5.74, 6) is -2.19. The SMILES string of the molecule is C=CC(=O)N1CCN(C(=N\C=C/C)/C(=C/CC)Nc2ccc(C(C)(F)F)cc2)CC1.CC.NC=O. The van der Waals surface area contributed by atoms with Gasteiger partial charge in [-0.25, -0.2) is 13.8 Å². The number of anilines is 1. The van der Waals surface area contributed by atoms with Crippen LogP contribution < -0.4 is 11.1 Å². The molecular weight excluding hydrogens is 452 g/mol. The fourth-order valence-electron chi connectivity index (χ4n) is 3.14. The molecule has 0 aromatic heterocycles. The highest BCUT2D eigenvalue weighted by Gasteiger charge is 2.25. The third kappa shape index (κ3) is 11.0. The minimum absolute atomic E-state index is 0.0279. The van der Waals surface area contributed by atoms with Crippen molar-refractivity contribution in [3.8, 4) is 0 Å². The van der Waals surface area contributed by atoms with Gasteiger partial charge in [0.2, 0.25) is 12.3 Å². The van der Waals surface area contributed by atoms with E-state index in [0.717, 1.165) is 24.9 Å². The van der Waals surface area contributed by atoms with Crippen LogP contribution in [0.4, 0.5) is 14.5 Å². The summed E-state index contributed by atoms with van der Waals surface area (Å²) >= 11 is 0. The molecule has 1 aromatic rings. The Morgan fingerprint density at radius 2 is 1.69 bits per heavy atom. The molecule has 1 heterocycles. The number of halogens is 2. The van der Waals surface area contributed by atoms with Gasteiger partial charge in [-0.1, -0.05) is 51.6 Å². The zero-order valence-corrected chi connectivity index (χ0v) is 21.4. The molecule has 1 fully saturated rings. The predicted octanol–water partition coefficient (Wildman–Crippen LogP) is 4.89. The first-order chi connectivity index (χ1) is 16.7. The topological polar surface area (TPSA) is 91.0 Å². The van der Waals surface area contributed by atoms with Gasteiger partial charge in [-0.3, -0.25) is 9.59 Å². The van der Waals surface area contributed by atoms with E-state index in [1.807, 2.05) is 39.8 Å². The van der Waals surface area contributed by atoms with Crippen molar-refractivity contribution in [2.24, 2.45) is 10.7 Å². The Morgan fingerprint density at radius 3 is 2.11 bits per heavy atom. The first-order valence-corrected chi connectivity index (χ1v) is 11.7. The summed E-state index contributed by atoms with van der Waals surface area (Å²) in [6, 6.07) is 6.14. The van der Waals surface area contributed by atoms with E-state index < -0.39 is 5.92 Å². The normalized spacial score (nSPS) is 14.4. The van der Waals surface area contributed by atoms with Gasteiger partial charge in [-0.05, 0) is 31.6 Å². The number of primary amides is 1. The molecule has 0 aliphatic carbocycles.